The van der Waals surface area contributed by atoms with E-state index in [1.54, 1.807) is 17.0 Å². The van der Waals surface area contributed by atoms with E-state index >= 15 is 0 Å². The van der Waals surface area contributed by atoms with Crippen LogP contribution in [0.4, 0.5) is 0 Å². The van der Waals surface area contributed by atoms with Crippen molar-refractivity contribution in [3.05, 3.63) is 71.3 Å². The molecule has 0 bridgehead atoms. The van der Waals surface area contributed by atoms with E-state index in [0.29, 0.717) is 31.5 Å². The largest absolute Gasteiger partial charge is 0.480 e. The second kappa shape index (κ2) is 9.64. The summed E-state index contributed by atoms with van der Waals surface area (Å²) in [5, 5.41) is 22.4. The van der Waals surface area contributed by atoms with Crippen molar-refractivity contribution in [2.24, 2.45) is 11.7 Å². The molecule has 34 heavy (non-hydrogen) atoms. The third-order valence-electron chi connectivity index (χ3n) is 6.71. The van der Waals surface area contributed by atoms with E-state index in [2.05, 4.69) is 10.6 Å². The molecule has 2 aliphatic rings. The Balaban J connectivity index is 1.45. The van der Waals surface area contributed by atoms with Gasteiger partial charge in [-0.05, 0) is 36.3 Å². The van der Waals surface area contributed by atoms with Crippen LogP contribution in [0, 0.1) is 11.3 Å². The molecule has 178 valence electrons. The quantitative estimate of drug-likeness (QED) is 0.261. The van der Waals surface area contributed by atoms with Crippen molar-refractivity contribution < 1.29 is 19.5 Å². The van der Waals surface area contributed by atoms with Gasteiger partial charge in [0.1, 0.15) is 11.4 Å². The number of piperidine rings is 1. The van der Waals surface area contributed by atoms with Crippen molar-refractivity contribution in [2.75, 3.05) is 13.1 Å². The molecule has 1 heterocycles. The number of rotatable bonds is 10. The van der Waals surface area contributed by atoms with Crippen LogP contribution in [0.25, 0.3) is 0 Å². The number of carbonyl (C=O) groups excluding carboxylic acids is 2. The molecule has 2 amide bonds. The van der Waals surface area contributed by atoms with Crippen molar-refractivity contribution in [1.29, 1.82) is 5.41 Å². The van der Waals surface area contributed by atoms with Gasteiger partial charge in [0.2, 0.25) is 11.8 Å². The van der Waals surface area contributed by atoms with Crippen LogP contribution in [0.1, 0.15) is 29.5 Å². The van der Waals surface area contributed by atoms with Crippen LogP contribution in [0.15, 0.2) is 54.6 Å². The molecule has 2 aromatic rings. The molecule has 0 radical (unpaired) electrons. The van der Waals surface area contributed by atoms with E-state index < -0.39 is 17.6 Å². The number of aliphatic carboxylic acids is 1. The Morgan fingerprint density at radius 3 is 2.44 bits per heavy atom. The number of hydrogen-bond donors (Lipinski definition) is 5. The van der Waals surface area contributed by atoms with E-state index in [0.717, 1.165) is 17.5 Å². The predicted octanol–water partition coefficient (Wildman–Crippen LogP) is 0.863. The SMILES string of the molecule is N=C(N)c1ccc(CNC(=O)[C@]23C[C@H]2CCN3C(=O)[C@@H](Cc2ccccc2)NCC(=O)O)cc1. The number of nitrogens with zero attached hydrogens (tertiary/aromatic N) is 1. The number of nitrogens with one attached hydrogen (secondary N) is 3. The first-order valence-electron chi connectivity index (χ1n) is 11.3. The Morgan fingerprint density at radius 2 is 1.82 bits per heavy atom. The Kier molecular flexibility index (Phi) is 6.65. The molecule has 2 fully saturated rings. The van der Waals surface area contributed by atoms with Gasteiger partial charge in [-0.2, -0.15) is 0 Å². The highest BCUT2D eigenvalue weighted by atomic mass is 16.4. The fraction of sp³-hybridized carbons (Fsp3) is 0.360. The molecule has 9 nitrogen and oxygen atoms in total. The molecule has 9 heteroatoms. The van der Waals surface area contributed by atoms with Gasteiger partial charge < -0.3 is 21.1 Å². The Bertz CT molecular complexity index is 1090. The second-order valence-corrected chi connectivity index (χ2v) is 8.91. The molecule has 0 unspecified atom stereocenters. The molecule has 4 rings (SSSR count). The van der Waals surface area contributed by atoms with Crippen LogP contribution in [0.2, 0.25) is 0 Å². The molecule has 3 atom stereocenters. The maximum atomic E-state index is 13.5. The molecule has 1 aliphatic heterocycles. The Morgan fingerprint density at radius 1 is 1.12 bits per heavy atom. The van der Waals surface area contributed by atoms with Crippen LogP contribution >= 0.6 is 0 Å². The highest BCUT2D eigenvalue weighted by Gasteiger charge is 2.68. The first-order valence-corrected chi connectivity index (χ1v) is 11.3. The lowest BCUT2D eigenvalue weighted by atomic mass is 10.0. The first kappa shape index (κ1) is 23.4. The zero-order chi connectivity index (χ0) is 24.3. The third-order valence-corrected chi connectivity index (χ3v) is 6.71. The van der Waals surface area contributed by atoms with Crippen molar-refractivity contribution >= 4 is 23.6 Å². The van der Waals surface area contributed by atoms with Crippen molar-refractivity contribution in [3.8, 4) is 0 Å². The molecule has 1 aliphatic carbocycles. The second-order valence-electron chi connectivity index (χ2n) is 8.91. The highest BCUT2D eigenvalue weighted by molar-refractivity contribution is 5.97. The lowest BCUT2D eigenvalue weighted by Crippen LogP contribution is -2.56. The van der Waals surface area contributed by atoms with Crippen molar-refractivity contribution in [1.82, 2.24) is 15.5 Å². The number of hydrogen-bond acceptors (Lipinski definition) is 5. The Labute approximate surface area is 197 Å². The fourth-order valence-electron chi connectivity index (χ4n) is 4.81. The van der Waals surface area contributed by atoms with Crippen molar-refractivity contribution in [3.63, 3.8) is 0 Å². The van der Waals surface area contributed by atoms with Gasteiger partial charge in [-0.3, -0.25) is 25.1 Å². The normalized spacial score (nSPS) is 21.4. The van der Waals surface area contributed by atoms with E-state index in [1.165, 1.54) is 0 Å². The zero-order valence-electron chi connectivity index (χ0n) is 18.8. The van der Waals surface area contributed by atoms with Crippen LogP contribution in [0.3, 0.4) is 0 Å². The number of fused-ring (bicyclic) bond motifs is 1. The topological polar surface area (TPSA) is 149 Å². The van der Waals surface area contributed by atoms with Gasteiger partial charge in [-0.15, -0.1) is 0 Å². The van der Waals surface area contributed by atoms with Gasteiger partial charge in [0.15, 0.2) is 0 Å². The summed E-state index contributed by atoms with van der Waals surface area (Å²) < 4.78 is 0. The summed E-state index contributed by atoms with van der Waals surface area (Å²) in [7, 11) is 0. The fourth-order valence-corrected chi connectivity index (χ4v) is 4.81. The minimum atomic E-state index is -1.04. The van der Waals surface area contributed by atoms with E-state index in [1.807, 2.05) is 42.5 Å². The maximum Gasteiger partial charge on any atom is 0.317 e. The zero-order valence-corrected chi connectivity index (χ0v) is 18.8. The molecule has 1 saturated heterocycles. The van der Waals surface area contributed by atoms with Crippen LogP contribution in [-0.4, -0.2) is 58.3 Å². The number of carboxylic acid groups (broad SMARTS) is 1. The van der Waals surface area contributed by atoms with Gasteiger partial charge in [0, 0.05) is 18.7 Å². The Hall–Kier alpha value is -3.72. The number of carboxylic acids is 1. The molecule has 2 aromatic carbocycles. The monoisotopic (exact) mass is 463 g/mol. The number of amidine groups is 1. The van der Waals surface area contributed by atoms with E-state index in [4.69, 9.17) is 16.2 Å². The van der Waals surface area contributed by atoms with Crippen LogP contribution in [0.5, 0.6) is 0 Å². The molecule has 0 spiro atoms. The molecular weight excluding hydrogens is 434 g/mol. The lowest BCUT2D eigenvalue weighted by molar-refractivity contribution is -0.143. The average molecular weight is 464 g/mol. The van der Waals surface area contributed by atoms with Crippen LogP contribution in [-0.2, 0) is 27.3 Å². The van der Waals surface area contributed by atoms with Crippen LogP contribution < -0.4 is 16.4 Å². The molecule has 0 aromatic heterocycles. The number of amides is 2. The van der Waals surface area contributed by atoms with Gasteiger partial charge in [0.05, 0.1) is 12.6 Å². The third kappa shape index (κ3) is 4.79. The summed E-state index contributed by atoms with van der Waals surface area (Å²) in [4.78, 5) is 39.6. The minimum Gasteiger partial charge on any atom is -0.480 e. The number of nitrogens with two attached hydrogens (primary N) is 1. The summed E-state index contributed by atoms with van der Waals surface area (Å²) in [5.74, 6) is -1.37. The average Bonchev–Trinajstić information content (AvgIpc) is 3.45. The number of carbonyl (C=O) groups is 3. The first-order chi connectivity index (χ1) is 16.3. The van der Waals surface area contributed by atoms with Crippen molar-refractivity contribution in [2.45, 2.75) is 37.4 Å². The summed E-state index contributed by atoms with van der Waals surface area (Å²) in [6, 6.07) is 15.8. The maximum absolute atomic E-state index is 13.5. The lowest BCUT2D eigenvalue weighted by Gasteiger charge is -2.31. The van der Waals surface area contributed by atoms with E-state index in [9.17, 15) is 14.4 Å². The van der Waals surface area contributed by atoms with Gasteiger partial charge in [-0.25, -0.2) is 0 Å². The number of nitrogen functional groups attached to an aromatic ring is 1. The summed E-state index contributed by atoms with van der Waals surface area (Å²) in [6.45, 7) is 0.443. The van der Waals surface area contributed by atoms with Gasteiger partial charge in [-0.1, -0.05) is 54.6 Å². The standard InChI is InChI=1S/C25H29N5O4/c26-22(27)18-8-6-17(7-9-18)14-29-24(34)25-13-19(25)10-11-30(25)23(33)20(28-15-21(31)32)12-16-4-2-1-3-5-16/h1-9,19-20,28H,10-15H2,(H3,26,27)(H,29,34)(H,31,32)/t19-,20-,25+/m1/s1. The molecule has 6 N–H and O–H groups in total. The van der Waals surface area contributed by atoms with Gasteiger partial charge >= 0.3 is 5.97 Å². The molecular formula is C25H29N5O4. The van der Waals surface area contributed by atoms with Gasteiger partial charge in [0.25, 0.3) is 0 Å². The molecule has 1 saturated carbocycles. The summed E-state index contributed by atoms with van der Waals surface area (Å²) >= 11 is 0. The smallest absolute Gasteiger partial charge is 0.317 e. The number of benzene rings is 2. The van der Waals surface area contributed by atoms with E-state index in [-0.39, 0.29) is 30.1 Å². The minimum absolute atomic E-state index is 0.0167. The highest BCUT2D eigenvalue weighted by Crippen LogP contribution is 2.56. The predicted molar refractivity (Wildman–Crippen MR) is 126 cm³/mol. The summed E-state index contributed by atoms with van der Waals surface area (Å²) in [5.41, 5.74) is 7.02. The summed E-state index contributed by atoms with van der Waals surface area (Å²) in [6.07, 6.45) is 1.71. The number of likely N-dealkylation sites (tertiary alicyclic amines) is 1.